The van der Waals surface area contributed by atoms with Crippen LogP contribution in [0.4, 0.5) is 0 Å². The topological polar surface area (TPSA) is 22.1 Å². The van der Waals surface area contributed by atoms with Crippen molar-refractivity contribution in [1.82, 2.24) is 4.98 Å². The molecule has 0 aliphatic heterocycles. The van der Waals surface area contributed by atoms with Gasteiger partial charge in [-0.3, -0.25) is 0 Å². The Kier molecular flexibility index (Phi) is 3.88. The Morgan fingerprint density at radius 2 is 2.13 bits per heavy atom. The maximum absolute atomic E-state index is 5.40. The van der Waals surface area contributed by atoms with Crippen LogP contribution in [0.1, 0.15) is 30.4 Å². The van der Waals surface area contributed by atoms with Crippen LogP contribution in [0.5, 0.6) is 5.75 Å². The normalized spacial score (nSPS) is 15.6. The molecule has 1 heterocycles. The number of hydrogen-bond acceptors (Lipinski definition) is 3. The van der Waals surface area contributed by atoms with Gasteiger partial charge in [0.2, 0.25) is 0 Å². The fourth-order valence-electron chi connectivity index (χ4n) is 3.10. The molecule has 3 aromatic rings. The summed E-state index contributed by atoms with van der Waals surface area (Å²) in [5.74, 6) is 1.58. The fourth-order valence-corrected chi connectivity index (χ4v) is 3.76. The minimum Gasteiger partial charge on any atom is -0.497 e. The zero-order valence-corrected chi connectivity index (χ0v) is 14.0. The Hall–Kier alpha value is -2.13. The molecule has 1 fully saturated rings. The van der Waals surface area contributed by atoms with Gasteiger partial charge in [0.05, 0.1) is 22.8 Å². The highest BCUT2D eigenvalue weighted by Gasteiger charge is 2.23. The van der Waals surface area contributed by atoms with E-state index in [2.05, 4.69) is 47.5 Å². The quantitative estimate of drug-likeness (QED) is 0.580. The second-order valence-electron chi connectivity index (χ2n) is 6.04. The average Bonchev–Trinajstić information content (AvgIpc) is 3.00. The van der Waals surface area contributed by atoms with Gasteiger partial charge in [-0.05, 0) is 59.7 Å². The molecule has 1 aliphatic carbocycles. The number of fused-ring (bicyclic) bond motifs is 1. The Labute approximate surface area is 140 Å². The first-order valence-corrected chi connectivity index (χ1v) is 8.91. The number of aromatic nitrogens is 1. The van der Waals surface area contributed by atoms with Gasteiger partial charge in [-0.1, -0.05) is 30.7 Å². The number of benzene rings is 2. The third-order valence-electron chi connectivity index (χ3n) is 4.62. The summed E-state index contributed by atoms with van der Waals surface area (Å²) in [6, 6.07) is 15.0. The first-order chi connectivity index (χ1) is 11.3. The van der Waals surface area contributed by atoms with Crippen molar-refractivity contribution < 1.29 is 4.74 Å². The van der Waals surface area contributed by atoms with E-state index < -0.39 is 0 Å². The third-order valence-corrected chi connectivity index (χ3v) is 5.43. The summed E-state index contributed by atoms with van der Waals surface area (Å²) < 4.78 is 6.64. The maximum Gasteiger partial charge on any atom is 0.119 e. The molecule has 23 heavy (non-hydrogen) atoms. The summed E-state index contributed by atoms with van der Waals surface area (Å²) in [6.07, 6.45) is 6.22. The molecule has 2 aromatic carbocycles. The van der Waals surface area contributed by atoms with E-state index in [4.69, 9.17) is 4.74 Å². The molecule has 116 valence electrons. The smallest absolute Gasteiger partial charge is 0.119 e. The fraction of sp³-hybridized carbons (Fsp3) is 0.250. The number of nitrogens with zero attached hydrogens (tertiary/aromatic N) is 1. The van der Waals surface area contributed by atoms with Crippen LogP contribution in [0.25, 0.3) is 21.9 Å². The Morgan fingerprint density at radius 3 is 2.91 bits per heavy atom. The van der Waals surface area contributed by atoms with Crippen LogP contribution in [-0.4, -0.2) is 12.1 Å². The van der Waals surface area contributed by atoms with Gasteiger partial charge >= 0.3 is 0 Å². The summed E-state index contributed by atoms with van der Waals surface area (Å²) in [6.45, 7) is 0. The zero-order chi connectivity index (χ0) is 15.6. The number of methoxy groups -OCH3 is 1. The lowest BCUT2D eigenvalue weighted by Gasteiger charge is -2.29. The number of rotatable bonds is 4. The summed E-state index contributed by atoms with van der Waals surface area (Å²) in [4.78, 5) is 4.44. The second kappa shape index (κ2) is 6.17. The first-order valence-electron chi connectivity index (χ1n) is 8.03. The van der Waals surface area contributed by atoms with Crippen LogP contribution < -0.4 is 4.74 Å². The van der Waals surface area contributed by atoms with E-state index in [9.17, 15) is 0 Å². The molecule has 1 saturated carbocycles. The van der Waals surface area contributed by atoms with E-state index in [1.807, 2.05) is 11.6 Å². The molecule has 2 nitrogen and oxygen atoms in total. The van der Waals surface area contributed by atoms with Gasteiger partial charge in [-0.2, -0.15) is 0 Å². The molecule has 1 aromatic heterocycles. The summed E-state index contributed by atoms with van der Waals surface area (Å²) in [5, 5.41) is 0. The lowest BCUT2D eigenvalue weighted by Crippen LogP contribution is -2.13. The predicted molar refractivity (Wildman–Crippen MR) is 97.8 cm³/mol. The van der Waals surface area contributed by atoms with Crippen molar-refractivity contribution in [2.24, 2.45) is 5.92 Å². The van der Waals surface area contributed by atoms with Gasteiger partial charge in [0.25, 0.3) is 0 Å². The van der Waals surface area contributed by atoms with Crippen molar-refractivity contribution in [2.75, 3.05) is 7.11 Å². The Balaban J connectivity index is 1.77. The minimum absolute atomic E-state index is 0.660. The number of ether oxygens (including phenoxy) is 1. The molecular formula is C20H19NOS. The molecule has 0 atom stereocenters. The van der Waals surface area contributed by atoms with E-state index in [-0.39, 0.29) is 0 Å². The van der Waals surface area contributed by atoms with E-state index in [0.29, 0.717) is 5.92 Å². The second-order valence-corrected chi connectivity index (χ2v) is 6.93. The SMILES string of the molecule is COc1cccc(/C(=C/c2ccc3scnc3c2)C2CCC2)c1. The minimum atomic E-state index is 0.660. The Morgan fingerprint density at radius 1 is 1.22 bits per heavy atom. The van der Waals surface area contributed by atoms with Crippen molar-refractivity contribution in [3.63, 3.8) is 0 Å². The lowest BCUT2D eigenvalue weighted by atomic mass is 9.76. The molecule has 4 rings (SSSR count). The predicted octanol–water partition coefficient (Wildman–Crippen LogP) is 5.65. The summed E-state index contributed by atoms with van der Waals surface area (Å²) in [5.41, 5.74) is 6.92. The molecule has 3 heteroatoms. The zero-order valence-electron chi connectivity index (χ0n) is 13.2. The van der Waals surface area contributed by atoms with Crippen molar-refractivity contribution >= 4 is 33.2 Å². The van der Waals surface area contributed by atoms with Crippen molar-refractivity contribution in [1.29, 1.82) is 0 Å². The largest absolute Gasteiger partial charge is 0.497 e. The number of hydrogen-bond donors (Lipinski definition) is 0. The van der Waals surface area contributed by atoms with Gasteiger partial charge < -0.3 is 4.74 Å². The molecule has 0 amide bonds. The number of thiazole rings is 1. The van der Waals surface area contributed by atoms with Crippen LogP contribution in [0.2, 0.25) is 0 Å². The van der Waals surface area contributed by atoms with Crippen molar-refractivity contribution in [3.8, 4) is 5.75 Å². The monoisotopic (exact) mass is 321 g/mol. The first kappa shape index (κ1) is 14.5. The van der Waals surface area contributed by atoms with Crippen LogP contribution in [-0.2, 0) is 0 Å². The van der Waals surface area contributed by atoms with Crippen LogP contribution >= 0.6 is 11.3 Å². The standard InChI is InChI=1S/C20H19NOS/c1-22-17-7-3-6-16(12-17)18(15-4-2-5-15)10-14-8-9-20-19(11-14)21-13-23-20/h3,6-13,15H,2,4-5H2,1H3/b18-10+. The lowest BCUT2D eigenvalue weighted by molar-refractivity contribution is 0.400. The molecule has 1 aliphatic rings. The van der Waals surface area contributed by atoms with Crippen molar-refractivity contribution in [3.05, 3.63) is 59.1 Å². The van der Waals surface area contributed by atoms with E-state index >= 15 is 0 Å². The van der Waals surface area contributed by atoms with E-state index in [1.54, 1.807) is 18.4 Å². The Bertz CT molecular complexity index is 861. The van der Waals surface area contributed by atoms with Crippen LogP contribution in [0, 0.1) is 5.92 Å². The van der Waals surface area contributed by atoms with Gasteiger partial charge in [-0.25, -0.2) is 4.98 Å². The molecular weight excluding hydrogens is 302 g/mol. The van der Waals surface area contributed by atoms with Gasteiger partial charge in [0.15, 0.2) is 0 Å². The average molecular weight is 321 g/mol. The highest BCUT2D eigenvalue weighted by Crippen LogP contribution is 2.40. The highest BCUT2D eigenvalue weighted by atomic mass is 32.1. The van der Waals surface area contributed by atoms with Crippen LogP contribution in [0.3, 0.4) is 0 Å². The van der Waals surface area contributed by atoms with Gasteiger partial charge in [0.1, 0.15) is 5.75 Å². The van der Waals surface area contributed by atoms with E-state index in [0.717, 1.165) is 11.3 Å². The highest BCUT2D eigenvalue weighted by molar-refractivity contribution is 7.16. The number of allylic oxidation sites excluding steroid dienone is 1. The van der Waals surface area contributed by atoms with Gasteiger partial charge in [-0.15, -0.1) is 11.3 Å². The molecule has 0 bridgehead atoms. The van der Waals surface area contributed by atoms with Crippen molar-refractivity contribution in [2.45, 2.75) is 19.3 Å². The summed E-state index contributed by atoms with van der Waals surface area (Å²) >= 11 is 1.69. The molecule has 0 spiro atoms. The van der Waals surface area contributed by atoms with Crippen LogP contribution in [0.15, 0.2) is 48.0 Å². The maximum atomic E-state index is 5.40. The third kappa shape index (κ3) is 2.89. The van der Waals surface area contributed by atoms with E-state index in [1.165, 1.54) is 40.7 Å². The molecule has 0 radical (unpaired) electrons. The van der Waals surface area contributed by atoms with Gasteiger partial charge in [0, 0.05) is 0 Å². The molecule has 0 unspecified atom stereocenters. The molecule has 0 N–H and O–H groups in total. The molecule has 0 saturated heterocycles. The summed E-state index contributed by atoms with van der Waals surface area (Å²) in [7, 11) is 1.72.